The Morgan fingerprint density at radius 2 is 2.14 bits per heavy atom. The molecule has 6 nitrogen and oxygen atoms in total. The zero-order chi connectivity index (χ0) is 20.4. The maximum Gasteiger partial charge on any atom is 0.253 e. The van der Waals surface area contributed by atoms with Gasteiger partial charge in [-0.25, -0.2) is 4.39 Å². The van der Waals surface area contributed by atoms with Gasteiger partial charge in [0, 0.05) is 37.1 Å². The average molecular weight is 400 g/mol. The molecular formula is C22H29FN4O2. The number of amides is 1. The molecule has 0 saturated carbocycles. The van der Waals surface area contributed by atoms with Gasteiger partial charge in [-0.05, 0) is 57.9 Å². The lowest BCUT2D eigenvalue weighted by Crippen LogP contribution is -2.55. The molecule has 3 heterocycles. The van der Waals surface area contributed by atoms with E-state index in [1.54, 1.807) is 17.0 Å². The number of nitrogens with zero attached hydrogens (tertiary/aromatic N) is 4. The summed E-state index contributed by atoms with van der Waals surface area (Å²) >= 11 is 0. The molecule has 1 amide bonds. The van der Waals surface area contributed by atoms with Crippen molar-refractivity contribution in [3.63, 3.8) is 0 Å². The van der Waals surface area contributed by atoms with E-state index >= 15 is 0 Å². The molecule has 7 heteroatoms. The van der Waals surface area contributed by atoms with Crippen LogP contribution in [0.4, 0.5) is 10.1 Å². The summed E-state index contributed by atoms with van der Waals surface area (Å²) in [6.45, 7) is 8.36. The van der Waals surface area contributed by atoms with Gasteiger partial charge in [0.25, 0.3) is 5.91 Å². The molecule has 29 heavy (non-hydrogen) atoms. The van der Waals surface area contributed by atoms with Crippen LogP contribution in [0, 0.1) is 12.7 Å². The van der Waals surface area contributed by atoms with Crippen molar-refractivity contribution < 1.29 is 13.9 Å². The minimum absolute atomic E-state index is 0.0545. The maximum atomic E-state index is 13.7. The fraction of sp³-hybridized carbons (Fsp3) is 0.545. The van der Waals surface area contributed by atoms with Crippen LogP contribution in [0.5, 0.6) is 0 Å². The first-order valence-electron chi connectivity index (χ1n) is 10.4. The summed E-state index contributed by atoms with van der Waals surface area (Å²) < 4.78 is 21.8. The van der Waals surface area contributed by atoms with Gasteiger partial charge in [-0.15, -0.1) is 0 Å². The molecule has 2 fully saturated rings. The summed E-state index contributed by atoms with van der Waals surface area (Å²) in [5, 5.41) is 4.55. The Morgan fingerprint density at radius 3 is 2.90 bits per heavy atom. The number of aromatic nitrogens is 2. The molecule has 1 aromatic heterocycles. The number of rotatable bonds is 4. The molecule has 2 aliphatic rings. The van der Waals surface area contributed by atoms with Crippen LogP contribution in [0.2, 0.25) is 0 Å². The summed E-state index contributed by atoms with van der Waals surface area (Å²) in [6.07, 6.45) is 4.90. The molecule has 1 spiro atoms. The number of carbonyl (C=O) groups is 1. The predicted octanol–water partition coefficient (Wildman–Crippen LogP) is 3.14. The van der Waals surface area contributed by atoms with Crippen LogP contribution in [0.1, 0.15) is 37.4 Å². The van der Waals surface area contributed by atoms with Crippen LogP contribution in [-0.4, -0.2) is 52.4 Å². The first-order chi connectivity index (χ1) is 14.0. The van der Waals surface area contributed by atoms with Crippen LogP contribution in [0.25, 0.3) is 0 Å². The Balaban J connectivity index is 1.45. The van der Waals surface area contributed by atoms with Crippen molar-refractivity contribution in [1.29, 1.82) is 0 Å². The van der Waals surface area contributed by atoms with Gasteiger partial charge >= 0.3 is 0 Å². The largest absolute Gasteiger partial charge is 0.363 e. The number of ether oxygens (including phenoxy) is 1. The number of likely N-dealkylation sites (tertiary alicyclic amines) is 1. The van der Waals surface area contributed by atoms with Crippen LogP contribution in [-0.2, 0) is 22.6 Å². The fourth-order valence-corrected chi connectivity index (χ4v) is 4.40. The summed E-state index contributed by atoms with van der Waals surface area (Å²) in [5.74, 6) is -0.434. The van der Waals surface area contributed by atoms with Gasteiger partial charge in [0.2, 0.25) is 0 Å². The van der Waals surface area contributed by atoms with Crippen molar-refractivity contribution in [3.05, 3.63) is 47.5 Å². The lowest BCUT2D eigenvalue weighted by Gasteiger charge is -2.42. The molecule has 0 aliphatic carbocycles. The molecular weight excluding hydrogens is 371 g/mol. The molecule has 0 radical (unpaired) electrons. The Kier molecular flexibility index (Phi) is 5.69. The molecule has 0 N–H and O–H groups in total. The van der Waals surface area contributed by atoms with Crippen LogP contribution in [0.15, 0.2) is 30.5 Å². The van der Waals surface area contributed by atoms with Crippen molar-refractivity contribution in [1.82, 2.24) is 14.7 Å². The van der Waals surface area contributed by atoms with Crippen molar-refractivity contribution in [2.45, 2.75) is 51.8 Å². The number of hydrogen-bond acceptors (Lipinski definition) is 4. The summed E-state index contributed by atoms with van der Waals surface area (Å²) in [5.41, 5.74) is 2.60. The SMILES string of the molecule is CCn1cc(CN2CCCC3(CC2)CN(c2cccc(F)c2)C(=O)CO3)c(C)n1. The van der Waals surface area contributed by atoms with Gasteiger partial charge in [-0.1, -0.05) is 6.07 Å². The van der Waals surface area contributed by atoms with E-state index in [1.807, 2.05) is 4.68 Å². The first kappa shape index (κ1) is 20.0. The number of halogens is 1. The monoisotopic (exact) mass is 400 g/mol. The van der Waals surface area contributed by atoms with E-state index in [2.05, 4.69) is 30.0 Å². The lowest BCUT2D eigenvalue weighted by atomic mass is 9.92. The van der Waals surface area contributed by atoms with Gasteiger partial charge in [0.05, 0.1) is 17.8 Å². The molecule has 156 valence electrons. The normalized spacial score (nSPS) is 23.6. The molecule has 2 aliphatic heterocycles. The maximum absolute atomic E-state index is 13.7. The Hall–Kier alpha value is -2.25. The van der Waals surface area contributed by atoms with E-state index in [0.717, 1.165) is 51.1 Å². The Bertz CT molecular complexity index is 883. The predicted molar refractivity (Wildman–Crippen MR) is 109 cm³/mol. The van der Waals surface area contributed by atoms with Crippen molar-refractivity contribution in [2.24, 2.45) is 0 Å². The van der Waals surface area contributed by atoms with Gasteiger partial charge in [-0.2, -0.15) is 5.10 Å². The molecule has 4 rings (SSSR count). The summed E-state index contributed by atoms with van der Waals surface area (Å²) in [7, 11) is 0. The second-order valence-corrected chi connectivity index (χ2v) is 8.16. The Labute approximate surface area is 171 Å². The second kappa shape index (κ2) is 8.24. The van der Waals surface area contributed by atoms with E-state index in [0.29, 0.717) is 12.2 Å². The molecule has 0 bridgehead atoms. The highest BCUT2D eigenvalue weighted by Crippen LogP contribution is 2.33. The van der Waals surface area contributed by atoms with Gasteiger partial charge in [0.1, 0.15) is 12.4 Å². The number of benzene rings is 1. The third-order valence-corrected chi connectivity index (χ3v) is 6.13. The van der Waals surface area contributed by atoms with Gasteiger partial charge < -0.3 is 9.64 Å². The highest BCUT2D eigenvalue weighted by molar-refractivity contribution is 5.95. The third kappa shape index (κ3) is 4.36. The third-order valence-electron chi connectivity index (χ3n) is 6.13. The number of morpholine rings is 1. The number of carbonyl (C=O) groups excluding carboxylic acids is 1. The van der Waals surface area contributed by atoms with Gasteiger partial charge in [0.15, 0.2) is 0 Å². The zero-order valence-electron chi connectivity index (χ0n) is 17.2. The smallest absolute Gasteiger partial charge is 0.253 e. The van der Waals surface area contributed by atoms with Crippen LogP contribution < -0.4 is 4.90 Å². The molecule has 1 aromatic carbocycles. The van der Waals surface area contributed by atoms with E-state index < -0.39 is 0 Å². The highest BCUT2D eigenvalue weighted by atomic mass is 19.1. The quantitative estimate of drug-likeness (QED) is 0.791. The summed E-state index contributed by atoms with van der Waals surface area (Å²) in [6, 6.07) is 6.26. The number of aryl methyl sites for hydroxylation is 2. The highest BCUT2D eigenvalue weighted by Gasteiger charge is 2.41. The minimum Gasteiger partial charge on any atom is -0.363 e. The number of anilines is 1. The zero-order valence-corrected chi connectivity index (χ0v) is 17.2. The fourth-order valence-electron chi connectivity index (χ4n) is 4.40. The lowest BCUT2D eigenvalue weighted by molar-refractivity contribution is -0.140. The molecule has 2 saturated heterocycles. The van der Waals surface area contributed by atoms with E-state index in [-0.39, 0.29) is 23.9 Å². The van der Waals surface area contributed by atoms with Crippen molar-refractivity contribution >= 4 is 11.6 Å². The minimum atomic E-state index is -0.363. The molecule has 1 unspecified atom stereocenters. The molecule has 2 aromatic rings. The van der Waals surface area contributed by atoms with E-state index in [1.165, 1.54) is 17.7 Å². The van der Waals surface area contributed by atoms with E-state index in [9.17, 15) is 9.18 Å². The van der Waals surface area contributed by atoms with Crippen molar-refractivity contribution in [2.75, 3.05) is 31.1 Å². The Morgan fingerprint density at radius 1 is 1.28 bits per heavy atom. The van der Waals surface area contributed by atoms with Crippen LogP contribution >= 0.6 is 0 Å². The second-order valence-electron chi connectivity index (χ2n) is 8.16. The van der Waals surface area contributed by atoms with Crippen LogP contribution in [0.3, 0.4) is 0 Å². The average Bonchev–Trinajstić information content (AvgIpc) is 2.95. The molecule has 1 atom stereocenters. The first-order valence-corrected chi connectivity index (χ1v) is 10.4. The topological polar surface area (TPSA) is 50.6 Å². The number of hydrogen-bond donors (Lipinski definition) is 0. The van der Waals surface area contributed by atoms with E-state index in [4.69, 9.17) is 4.74 Å². The standard InChI is InChI=1S/C22H29FN4O2/c1-3-26-14-18(17(2)24-26)13-25-10-5-8-22(9-11-25)16-27(21(28)15-29-22)20-7-4-6-19(23)12-20/h4,6-7,12,14H,3,5,8-11,13,15-16H2,1-2H3. The van der Waals surface area contributed by atoms with Gasteiger partial charge in [-0.3, -0.25) is 14.4 Å². The van der Waals surface area contributed by atoms with Crippen molar-refractivity contribution in [3.8, 4) is 0 Å². The summed E-state index contributed by atoms with van der Waals surface area (Å²) in [4.78, 5) is 16.6.